The van der Waals surface area contributed by atoms with Crippen LogP contribution in [0.15, 0.2) is 12.4 Å². The van der Waals surface area contributed by atoms with Crippen molar-refractivity contribution in [1.29, 1.82) is 0 Å². The lowest BCUT2D eigenvalue weighted by Crippen LogP contribution is -2.54. The topological polar surface area (TPSA) is 47.4 Å². The summed E-state index contributed by atoms with van der Waals surface area (Å²) in [6.45, 7) is 8.60. The number of ether oxygens (including phenoxy) is 1. The van der Waals surface area contributed by atoms with E-state index in [9.17, 15) is 4.79 Å². The maximum atomic E-state index is 12.8. The molecule has 0 saturated carbocycles. The van der Waals surface area contributed by atoms with E-state index in [0.717, 1.165) is 31.9 Å². The number of hydrogen-bond donors (Lipinski definition) is 0. The fourth-order valence-corrected chi connectivity index (χ4v) is 4.21. The second kappa shape index (κ2) is 5.65. The number of nitrogens with zero attached hydrogens (tertiary/aromatic N) is 3. The Hall–Kier alpha value is -1.01. The van der Waals surface area contributed by atoms with E-state index in [2.05, 4.69) is 25.9 Å². The van der Waals surface area contributed by atoms with Crippen molar-refractivity contribution < 1.29 is 9.53 Å². The van der Waals surface area contributed by atoms with Crippen LogP contribution in [0.2, 0.25) is 0 Å². The lowest BCUT2D eigenvalue weighted by molar-refractivity contribution is 0.0319. The molecule has 21 heavy (non-hydrogen) atoms. The zero-order valence-electron chi connectivity index (χ0n) is 12.9. The van der Waals surface area contributed by atoms with Gasteiger partial charge in [0.1, 0.15) is 0 Å². The van der Waals surface area contributed by atoms with Gasteiger partial charge in [-0.15, -0.1) is 0 Å². The molecule has 1 aromatic heterocycles. The minimum atomic E-state index is -0.0997. The van der Waals surface area contributed by atoms with Gasteiger partial charge in [-0.3, -0.25) is 9.48 Å². The summed E-state index contributed by atoms with van der Waals surface area (Å²) in [5, 5.41) is 4.77. The van der Waals surface area contributed by atoms with Crippen LogP contribution in [0, 0.1) is 0 Å². The molecular weight excluding hydrogens is 286 g/mol. The molecule has 0 spiro atoms. The van der Waals surface area contributed by atoms with E-state index in [-0.39, 0.29) is 11.4 Å². The van der Waals surface area contributed by atoms with Crippen LogP contribution in [0.5, 0.6) is 0 Å². The Bertz CT molecular complexity index is 521. The summed E-state index contributed by atoms with van der Waals surface area (Å²) in [7, 11) is 0. The van der Waals surface area contributed by atoms with E-state index in [1.807, 2.05) is 27.5 Å². The Morgan fingerprint density at radius 2 is 2.29 bits per heavy atom. The molecule has 0 aromatic carbocycles. The third-order valence-corrected chi connectivity index (χ3v) is 5.41. The first-order valence-corrected chi connectivity index (χ1v) is 8.57. The van der Waals surface area contributed by atoms with Gasteiger partial charge < -0.3 is 9.64 Å². The van der Waals surface area contributed by atoms with Crippen molar-refractivity contribution >= 4 is 17.7 Å². The van der Waals surface area contributed by atoms with E-state index in [1.54, 1.807) is 6.20 Å². The van der Waals surface area contributed by atoms with Crippen LogP contribution < -0.4 is 0 Å². The molecule has 2 aliphatic heterocycles. The Morgan fingerprint density at radius 3 is 3.00 bits per heavy atom. The van der Waals surface area contributed by atoms with Gasteiger partial charge in [-0.25, -0.2) is 0 Å². The molecule has 1 aromatic rings. The normalized spacial score (nSPS) is 26.5. The molecular formula is C15H23N3O2S. The van der Waals surface area contributed by atoms with E-state index < -0.39 is 0 Å². The Kier molecular flexibility index (Phi) is 4.01. The van der Waals surface area contributed by atoms with E-state index >= 15 is 0 Å². The van der Waals surface area contributed by atoms with Crippen LogP contribution >= 0.6 is 11.8 Å². The molecule has 0 radical (unpaired) electrons. The SMILES string of the molecule is CC(C)(C)n1cc(C(=O)N2CCS[C@@H]3COCC[C@H]32)cn1. The van der Waals surface area contributed by atoms with Crippen LogP contribution in [-0.4, -0.2) is 57.4 Å². The summed E-state index contributed by atoms with van der Waals surface area (Å²) in [6, 6.07) is 0.308. The maximum absolute atomic E-state index is 12.8. The molecule has 3 heterocycles. The van der Waals surface area contributed by atoms with Gasteiger partial charge in [-0.1, -0.05) is 0 Å². The summed E-state index contributed by atoms with van der Waals surface area (Å²) in [5.74, 6) is 1.10. The zero-order valence-corrected chi connectivity index (χ0v) is 13.7. The van der Waals surface area contributed by atoms with Crippen molar-refractivity contribution in [1.82, 2.24) is 14.7 Å². The third kappa shape index (κ3) is 2.97. The summed E-state index contributed by atoms with van der Waals surface area (Å²) in [6.07, 6.45) is 4.51. The maximum Gasteiger partial charge on any atom is 0.257 e. The van der Waals surface area contributed by atoms with Crippen molar-refractivity contribution in [3.8, 4) is 0 Å². The fraction of sp³-hybridized carbons (Fsp3) is 0.733. The Balaban J connectivity index is 1.79. The molecule has 2 aliphatic rings. The number of amides is 1. The molecule has 2 saturated heterocycles. The monoisotopic (exact) mass is 309 g/mol. The standard InChI is InChI=1S/C15H23N3O2S/c1-15(2,3)18-9-11(8-16-18)14(19)17-5-7-21-13-10-20-6-4-12(13)17/h8-9,12-13H,4-7,10H2,1-3H3/t12-,13-/m1/s1. The molecule has 116 valence electrons. The lowest BCUT2D eigenvalue weighted by Gasteiger charge is -2.43. The van der Waals surface area contributed by atoms with Crippen LogP contribution in [0.3, 0.4) is 0 Å². The molecule has 0 bridgehead atoms. The minimum Gasteiger partial charge on any atom is -0.380 e. The number of fused-ring (bicyclic) bond motifs is 1. The highest BCUT2D eigenvalue weighted by molar-refractivity contribution is 8.00. The first kappa shape index (κ1) is 14.9. The third-order valence-electron chi connectivity index (χ3n) is 4.11. The summed E-state index contributed by atoms with van der Waals surface area (Å²) < 4.78 is 7.41. The van der Waals surface area contributed by atoms with Gasteiger partial charge in [-0.05, 0) is 27.2 Å². The first-order valence-electron chi connectivity index (χ1n) is 7.52. The molecule has 1 amide bonds. The number of rotatable bonds is 1. The number of carbonyl (C=O) groups excluding carboxylic acids is 1. The van der Waals surface area contributed by atoms with E-state index in [0.29, 0.717) is 16.9 Å². The Morgan fingerprint density at radius 1 is 1.48 bits per heavy atom. The summed E-state index contributed by atoms with van der Waals surface area (Å²) in [5.41, 5.74) is 0.597. The van der Waals surface area contributed by atoms with Gasteiger partial charge in [0.05, 0.1) is 23.9 Å². The average molecular weight is 309 g/mol. The van der Waals surface area contributed by atoms with Crippen LogP contribution in [0.1, 0.15) is 37.6 Å². The van der Waals surface area contributed by atoms with Gasteiger partial charge in [-0.2, -0.15) is 16.9 Å². The first-order chi connectivity index (χ1) is 9.97. The van der Waals surface area contributed by atoms with Gasteiger partial charge in [0, 0.05) is 36.4 Å². The molecule has 3 rings (SSSR count). The van der Waals surface area contributed by atoms with Crippen molar-refractivity contribution in [3.05, 3.63) is 18.0 Å². The molecule has 2 atom stereocenters. The number of hydrogen-bond acceptors (Lipinski definition) is 4. The summed E-state index contributed by atoms with van der Waals surface area (Å²) >= 11 is 1.93. The summed E-state index contributed by atoms with van der Waals surface area (Å²) in [4.78, 5) is 14.9. The average Bonchev–Trinajstić information content (AvgIpc) is 2.96. The van der Waals surface area contributed by atoms with Gasteiger partial charge >= 0.3 is 0 Å². The minimum absolute atomic E-state index is 0.0997. The van der Waals surface area contributed by atoms with Crippen molar-refractivity contribution in [3.63, 3.8) is 0 Å². The van der Waals surface area contributed by atoms with Gasteiger partial charge in [0.2, 0.25) is 0 Å². The largest absolute Gasteiger partial charge is 0.380 e. The molecule has 5 nitrogen and oxygen atoms in total. The van der Waals surface area contributed by atoms with E-state index in [4.69, 9.17) is 4.74 Å². The predicted molar refractivity (Wildman–Crippen MR) is 83.7 cm³/mol. The Labute approximate surface area is 130 Å². The van der Waals surface area contributed by atoms with Crippen LogP contribution in [0.25, 0.3) is 0 Å². The highest BCUT2D eigenvalue weighted by atomic mass is 32.2. The number of carbonyl (C=O) groups is 1. The highest BCUT2D eigenvalue weighted by Gasteiger charge is 2.37. The van der Waals surface area contributed by atoms with Crippen LogP contribution in [-0.2, 0) is 10.3 Å². The second-order valence-electron chi connectivity index (χ2n) is 6.68. The quantitative estimate of drug-likeness (QED) is 0.796. The second-order valence-corrected chi connectivity index (χ2v) is 8.03. The number of aromatic nitrogens is 2. The smallest absolute Gasteiger partial charge is 0.257 e. The van der Waals surface area contributed by atoms with Crippen molar-refractivity contribution in [2.24, 2.45) is 0 Å². The fourth-order valence-electron chi connectivity index (χ4n) is 2.90. The molecule has 6 heteroatoms. The van der Waals surface area contributed by atoms with Crippen molar-refractivity contribution in [2.75, 3.05) is 25.5 Å². The predicted octanol–water partition coefficient (Wildman–Crippen LogP) is 1.98. The van der Waals surface area contributed by atoms with Gasteiger partial charge in [0.15, 0.2) is 0 Å². The van der Waals surface area contributed by atoms with E-state index in [1.165, 1.54) is 0 Å². The molecule has 0 unspecified atom stereocenters. The van der Waals surface area contributed by atoms with Crippen molar-refractivity contribution in [2.45, 2.75) is 44.0 Å². The molecule has 0 N–H and O–H groups in total. The molecule has 2 fully saturated rings. The van der Waals surface area contributed by atoms with Gasteiger partial charge in [0.25, 0.3) is 5.91 Å². The molecule has 0 aliphatic carbocycles. The van der Waals surface area contributed by atoms with Crippen LogP contribution in [0.4, 0.5) is 0 Å². The highest BCUT2D eigenvalue weighted by Crippen LogP contribution is 2.31. The number of thioether (sulfide) groups is 1. The zero-order chi connectivity index (χ0) is 15.0. The lowest BCUT2D eigenvalue weighted by atomic mass is 10.1.